The van der Waals surface area contributed by atoms with Crippen molar-refractivity contribution in [2.24, 2.45) is 0 Å². The van der Waals surface area contributed by atoms with Gasteiger partial charge in [-0.2, -0.15) is 0 Å². The van der Waals surface area contributed by atoms with Crippen LogP contribution in [0.25, 0.3) is 33.0 Å². The summed E-state index contributed by atoms with van der Waals surface area (Å²) in [4.78, 5) is 0. The van der Waals surface area contributed by atoms with Gasteiger partial charge in [0.1, 0.15) is 0 Å². The number of hydrogen-bond acceptors (Lipinski definition) is 0. The molecule has 0 radical (unpaired) electrons. The lowest BCUT2D eigenvalue weighted by atomic mass is 9.67. The molecule has 0 saturated heterocycles. The molecule has 0 saturated carbocycles. The van der Waals surface area contributed by atoms with Crippen LogP contribution in [-0.4, -0.2) is 0 Å². The fourth-order valence-electron chi connectivity index (χ4n) is 7.12. The first-order valence-electron chi connectivity index (χ1n) is 14.7. The lowest BCUT2D eigenvalue weighted by Gasteiger charge is -2.34. The van der Waals surface area contributed by atoms with Gasteiger partial charge in [0.05, 0.1) is 5.41 Å². The van der Waals surface area contributed by atoms with Gasteiger partial charge in [-0.15, -0.1) is 0 Å². The quantitative estimate of drug-likeness (QED) is 0.206. The van der Waals surface area contributed by atoms with Crippen molar-refractivity contribution in [1.29, 1.82) is 0 Å². The van der Waals surface area contributed by atoms with E-state index in [9.17, 15) is 0 Å². The van der Waals surface area contributed by atoms with Crippen LogP contribution in [0.1, 0.15) is 33.4 Å². The van der Waals surface area contributed by atoms with Crippen molar-refractivity contribution in [1.82, 2.24) is 0 Å². The van der Waals surface area contributed by atoms with Gasteiger partial charge in [-0.3, -0.25) is 0 Å². The Balaban J connectivity index is 1.23. The average molecular weight is 535 g/mol. The van der Waals surface area contributed by atoms with Crippen molar-refractivity contribution < 1.29 is 0 Å². The first-order valence-corrected chi connectivity index (χ1v) is 14.7. The van der Waals surface area contributed by atoms with Gasteiger partial charge in [0.25, 0.3) is 0 Å². The van der Waals surface area contributed by atoms with E-state index >= 15 is 0 Å². The summed E-state index contributed by atoms with van der Waals surface area (Å²) in [5.41, 5.74) is 12.8. The van der Waals surface area contributed by atoms with Gasteiger partial charge >= 0.3 is 0 Å². The number of benzene rings is 7. The Labute approximate surface area is 247 Å². The van der Waals surface area contributed by atoms with Gasteiger partial charge in [-0.25, -0.2) is 0 Å². The summed E-state index contributed by atoms with van der Waals surface area (Å²) in [5, 5.41) is 2.57. The zero-order valence-electron chi connectivity index (χ0n) is 23.4. The van der Waals surface area contributed by atoms with Crippen LogP contribution in [-0.2, 0) is 11.8 Å². The second kappa shape index (κ2) is 10.0. The van der Waals surface area contributed by atoms with Gasteiger partial charge in [-0.05, 0) is 72.8 Å². The van der Waals surface area contributed by atoms with Crippen molar-refractivity contribution >= 4 is 10.8 Å². The number of rotatable bonds is 5. The lowest BCUT2D eigenvalue weighted by molar-refractivity contribution is 0.767. The summed E-state index contributed by atoms with van der Waals surface area (Å²) in [5.74, 6) is 0. The molecule has 0 aliphatic heterocycles. The van der Waals surface area contributed by atoms with Crippen LogP contribution in [0.5, 0.6) is 0 Å². The highest BCUT2D eigenvalue weighted by molar-refractivity contribution is 5.96. The molecule has 7 aromatic rings. The SMILES string of the molecule is c1ccc(C2(c3ccccc3)c3ccccc3-c3ccc(Cc4ccc(-c5cccc6ccccc56)cc4)cc32)cc1. The normalized spacial score (nSPS) is 13.0. The minimum Gasteiger partial charge on any atom is -0.0622 e. The standard InChI is InChI=1S/C42H30/c1-3-14-34(15-4-1)42(35-16-5-2-6-17-35)40-21-10-9-19-38(40)39-27-24-31(29-41(39)42)28-30-22-25-33(26-23-30)37-20-11-13-32-12-7-8-18-36(32)37/h1-27,29H,28H2. The summed E-state index contributed by atoms with van der Waals surface area (Å²) in [6.07, 6.45) is 0.888. The van der Waals surface area contributed by atoms with Crippen LogP contribution in [0.4, 0.5) is 0 Å². The smallest absolute Gasteiger partial charge is 0.0622 e. The molecule has 0 spiro atoms. The molecule has 0 nitrogen and oxygen atoms in total. The second-order valence-electron chi connectivity index (χ2n) is 11.3. The molecular weight excluding hydrogens is 504 g/mol. The minimum atomic E-state index is -0.358. The van der Waals surface area contributed by atoms with Crippen LogP contribution in [0.15, 0.2) is 170 Å². The Morgan fingerprint density at radius 3 is 1.71 bits per heavy atom. The van der Waals surface area contributed by atoms with Crippen molar-refractivity contribution in [2.75, 3.05) is 0 Å². The molecule has 0 atom stereocenters. The minimum absolute atomic E-state index is 0.358. The predicted octanol–water partition coefficient (Wildman–Crippen LogP) is 10.5. The first-order chi connectivity index (χ1) is 20.8. The fraction of sp³-hybridized carbons (Fsp3) is 0.0476. The molecule has 0 heterocycles. The summed E-state index contributed by atoms with van der Waals surface area (Å²) in [6, 6.07) is 62.5. The van der Waals surface area contributed by atoms with E-state index in [1.54, 1.807) is 0 Å². The molecule has 0 unspecified atom stereocenters. The molecule has 0 N–H and O–H groups in total. The van der Waals surface area contributed by atoms with Gasteiger partial charge in [0.15, 0.2) is 0 Å². The Bertz CT molecular complexity index is 1990. The molecular formula is C42H30. The molecule has 0 amide bonds. The van der Waals surface area contributed by atoms with Gasteiger partial charge in [0, 0.05) is 0 Å². The molecule has 1 aliphatic carbocycles. The Morgan fingerprint density at radius 1 is 0.381 bits per heavy atom. The first kappa shape index (κ1) is 24.6. The maximum atomic E-state index is 2.47. The van der Waals surface area contributed by atoms with Crippen molar-refractivity contribution in [3.8, 4) is 22.3 Å². The Kier molecular flexibility index (Phi) is 5.86. The highest BCUT2D eigenvalue weighted by atomic mass is 14.5. The molecule has 0 heteroatoms. The topological polar surface area (TPSA) is 0 Å². The van der Waals surface area contributed by atoms with E-state index in [2.05, 4.69) is 170 Å². The summed E-state index contributed by atoms with van der Waals surface area (Å²) in [7, 11) is 0. The number of hydrogen-bond donors (Lipinski definition) is 0. The molecule has 7 aromatic carbocycles. The third kappa shape index (κ3) is 3.84. The largest absolute Gasteiger partial charge is 0.0713 e. The van der Waals surface area contributed by atoms with Crippen LogP contribution in [0.2, 0.25) is 0 Å². The van der Waals surface area contributed by atoms with Gasteiger partial charge in [-0.1, -0.05) is 170 Å². The van der Waals surface area contributed by atoms with Crippen molar-refractivity contribution in [3.05, 3.63) is 203 Å². The van der Waals surface area contributed by atoms with E-state index in [1.165, 1.54) is 66.4 Å². The molecule has 8 rings (SSSR count). The van der Waals surface area contributed by atoms with E-state index < -0.39 is 0 Å². The molecule has 42 heavy (non-hydrogen) atoms. The summed E-state index contributed by atoms with van der Waals surface area (Å²) in [6.45, 7) is 0. The van der Waals surface area contributed by atoms with E-state index in [0.717, 1.165) is 6.42 Å². The van der Waals surface area contributed by atoms with E-state index in [-0.39, 0.29) is 5.41 Å². The van der Waals surface area contributed by atoms with E-state index in [0.29, 0.717) is 0 Å². The fourth-order valence-corrected chi connectivity index (χ4v) is 7.12. The molecule has 1 aliphatic rings. The third-order valence-electron chi connectivity index (χ3n) is 8.99. The van der Waals surface area contributed by atoms with Crippen LogP contribution < -0.4 is 0 Å². The van der Waals surface area contributed by atoms with Crippen molar-refractivity contribution in [3.63, 3.8) is 0 Å². The molecule has 198 valence electrons. The zero-order chi connectivity index (χ0) is 27.9. The highest BCUT2D eigenvalue weighted by Crippen LogP contribution is 2.56. The van der Waals surface area contributed by atoms with E-state index in [4.69, 9.17) is 0 Å². The van der Waals surface area contributed by atoms with Gasteiger partial charge < -0.3 is 0 Å². The third-order valence-corrected chi connectivity index (χ3v) is 8.99. The average Bonchev–Trinajstić information content (AvgIpc) is 3.36. The number of fused-ring (bicyclic) bond motifs is 4. The zero-order valence-corrected chi connectivity index (χ0v) is 23.4. The monoisotopic (exact) mass is 534 g/mol. The molecule has 0 fully saturated rings. The van der Waals surface area contributed by atoms with Gasteiger partial charge in [0.2, 0.25) is 0 Å². The van der Waals surface area contributed by atoms with Crippen LogP contribution >= 0.6 is 0 Å². The Hall–Kier alpha value is -5.20. The second-order valence-corrected chi connectivity index (χ2v) is 11.3. The predicted molar refractivity (Wildman–Crippen MR) is 176 cm³/mol. The van der Waals surface area contributed by atoms with Crippen LogP contribution in [0, 0.1) is 0 Å². The van der Waals surface area contributed by atoms with Crippen LogP contribution in [0.3, 0.4) is 0 Å². The van der Waals surface area contributed by atoms with E-state index in [1.807, 2.05) is 0 Å². The summed E-state index contributed by atoms with van der Waals surface area (Å²) >= 11 is 0. The maximum absolute atomic E-state index is 2.47. The molecule has 0 aromatic heterocycles. The summed E-state index contributed by atoms with van der Waals surface area (Å²) < 4.78 is 0. The molecule has 0 bridgehead atoms. The van der Waals surface area contributed by atoms with Crippen molar-refractivity contribution in [2.45, 2.75) is 11.8 Å². The Morgan fingerprint density at radius 2 is 0.952 bits per heavy atom. The lowest BCUT2D eigenvalue weighted by Crippen LogP contribution is -2.28. The maximum Gasteiger partial charge on any atom is 0.0713 e. The highest BCUT2D eigenvalue weighted by Gasteiger charge is 2.45.